The normalized spacial score (nSPS) is 15.2. The second-order valence-corrected chi connectivity index (χ2v) is 6.89. The molecule has 1 heterocycles. The molecule has 1 aromatic heterocycles. The summed E-state index contributed by atoms with van der Waals surface area (Å²) in [4.78, 5) is 8.54. The zero-order valence-electron chi connectivity index (χ0n) is 16.4. The molecule has 0 saturated heterocycles. The van der Waals surface area contributed by atoms with Crippen LogP contribution in [0.4, 0.5) is 4.39 Å². The summed E-state index contributed by atoms with van der Waals surface area (Å²) < 4.78 is 24.5. The maximum atomic E-state index is 14.1. The number of aromatic nitrogens is 1. The molecule has 2 aromatic rings. The summed E-state index contributed by atoms with van der Waals surface area (Å²) in [6.45, 7) is 2.23. The van der Waals surface area contributed by atoms with E-state index in [1.54, 1.807) is 26.4 Å². The highest BCUT2D eigenvalue weighted by molar-refractivity contribution is 5.79. The van der Waals surface area contributed by atoms with E-state index >= 15 is 0 Å². The molecule has 150 valence electrons. The van der Waals surface area contributed by atoms with Gasteiger partial charge in [0.1, 0.15) is 12.4 Å². The summed E-state index contributed by atoms with van der Waals surface area (Å²) >= 11 is 0. The van der Waals surface area contributed by atoms with E-state index in [0.29, 0.717) is 38.1 Å². The molecule has 0 atom stereocenters. The second kappa shape index (κ2) is 9.50. The van der Waals surface area contributed by atoms with Gasteiger partial charge >= 0.3 is 0 Å². The Balaban J connectivity index is 1.48. The monoisotopic (exact) mass is 386 g/mol. The Morgan fingerprint density at radius 2 is 2.00 bits per heavy atom. The molecule has 6 nitrogen and oxygen atoms in total. The van der Waals surface area contributed by atoms with E-state index in [2.05, 4.69) is 20.6 Å². The SMILES string of the molecule is CN=C(NCc1ccc(OCCOC)nc1)NCC1(c2ccccc2F)CC1. The Morgan fingerprint density at radius 1 is 1.18 bits per heavy atom. The van der Waals surface area contributed by atoms with Crippen LogP contribution in [0.3, 0.4) is 0 Å². The first-order chi connectivity index (χ1) is 13.7. The highest BCUT2D eigenvalue weighted by Crippen LogP contribution is 2.48. The molecule has 0 radical (unpaired) electrons. The summed E-state index contributed by atoms with van der Waals surface area (Å²) in [5.41, 5.74) is 1.66. The van der Waals surface area contributed by atoms with Crippen LogP contribution in [0.25, 0.3) is 0 Å². The third-order valence-electron chi connectivity index (χ3n) is 4.91. The Kier molecular flexibility index (Phi) is 6.81. The third kappa shape index (κ3) is 5.19. The smallest absolute Gasteiger partial charge is 0.213 e. The number of hydrogen-bond donors (Lipinski definition) is 2. The first-order valence-electron chi connectivity index (χ1n) is 9.43. The number of methoxy groups -OCH3 is 1. The number of hydrogen-bond acceptors (Lipinski definition) is 4. The van der Waals surface area contributed by atoms with Crippen LogP contribution in [-0.4, -0.2) is 44.9 Å². The van der Waals surface area contributed by atoms with Crippen LogP contribution < -0.4 is 15.4 Å². The van der Waals surface area contributed by atoms with Crippen molar-refractivity contribution >= 4 is 5.96 Å². The maximum Gasteiger partial charge on any atom is 0.213 e. The summed E-state index contributed by atoms with van der Waals surface area (Å²) in [7, 11) is 3.36. The van der Waals surface area contributed by atoms with Crippen LogP contribution in [0.1, 0.15) is 24.0 Å². The van der Waals surface area contributed by atoms with Crippen molar-refractivity contribution in [3.8, 4) is 5.88 Å². The zero-order chi connectivity index (χ0) is 19.8. The highest BCUT2D eigenvalue weighted by Gasteiger charge is 2.45. The van der Waals surface area contributed by atoms with Crippen molar-refractivity contribution in [1.82, 2.24) is 15.6 Å². The van der Waals surface area contributed by atoms with Crippen molar-refractivity contribution in [1.29, 1.82) is 0 Å². The lowest BCUT2D eigenvalue weighted by Gasteiger charge is -2.19. The van der Waals surface area contributed by atoms with Gasteiger partial charge in [-0.3, -0.25) is 4.99 Å². The number of guanidine groups is 1. The van der Waals surface area contributed by atoms with Gasteiger partial charge in [-0.1, -0.05) is 24.3 Å². The quantitative estimate of drug-likeness (QED) is 0.394. The molecule has 1 aromatic carbocycles. The Bertz CT molecular complexity index is 791. The van der Waals surface area contributed by atoms with Crippen LogP contribution in [0.15, 0.2) is 47.6 Å². The average Bonchev–Trinajstić information content (AvgIpc) is 3.50. The molecule has 1 fully saturated rings. The van der Waals surface area contributed by atoms with Crippen molar-refractivity contribution in [2.45, 2.75) is 24.8 Å². The fourth-order valence-electron chi connectivity index (χ4n) is 3.07. The van der Waals surface area contributed by atoms with Gasteiger partial charge in [-0.15, -0.1) is 0 Å². The van der Waals surface area contributed by atoms with E-state index in [0.717, 1.165) is 24.0 Å². The zero-order valence-corrected chi connectivity index (χ0v) is 16.4. The molecule has 0 bridgehead atoms. The van der Waals surface area contributed by atoms with Gasteiger partial charge in [0.05, 0.1) is 6.61 Å². The predicted octanol–water partition coefficient (Wildman–Crippen LogP) is 2.64. The van der Waals surface area contributed by atoms with E-state index in [1.807, 2.05) is 24.3 Å². The minimum absolute atomic E-state index is 0.133. The van der Waals surface area contributed by atoms with E-state index < -0.39 is 0 Å². The van der Waals surface area contributed by atoms with E-state index in [4.69, 9.17) is 9.47 Å². The molecule has 0 spiro atoms. The lowest BCUT2D eigenvalue weighted by Crippen LogP contribution is -2.41. The Labute approximate surface area is 165 Å². The van der Waals surface area contributed by atoms with Crippen molar-refractivity contribution in [3.63, 3.8) is 0 Å². The van der Waals surface area contributed by atoms with E-state index in [9.17, 15) is 4.39 Å². The maximum absolute atomic E-state index is 14.1. The topological polar surface area (TPSA) is 67.8 Å². The van der Waals surface area contributed by atoms with Crippen LogP contribution in [0.5, 0.6) is 5.88 Å². The number of pyridine rings is 1. The molecule has 0 unspecified atom stereocenters. The van der Waals surface area contributed by atoms with Gasteiger partial charge in [-0.25, -0.2) is 9.37 Å². The van der Waals surface area contributed by atoms with Crippen molar-refractivity contribution in [3.05, 3.63) is 59.5 Å². The summed E-state index contributed by atoms with van der Waals surface area (Å²) in [5.74, 6) is 1.12. The molecule has 1 saturated carbocycles. The molecular weight excluding hydrogens is 359 g/mol. The van der Waals surface area contributed by atoms with Gasteiger partial charge < -0.3 is 20.1 Å². The molecule has 2 N–H and O–H groups in total. The number of nitrogens with one attached hydrogen (secondary N) is 2. The minimum atomic E-state index is -0.136. The summed E-state index contributed by atoms with van der Waals surface area (Å²) in [5, 5.41) is 6.60. The van der Waals surface area contributed by atoms with E-state index in [-0.39, 0.29) is 11.2 Å². The number of nitrogens with zero attached hydrogens (tertiary/aromatic N) is 2. The number of ether oxygens (including phenoxy) is 2. The molecule has 3 rings (SSSR count). The summed E-state index contributed by atoms with van der Waals surface area (Å²) in [6, 6.07) is 10.8. The molecule has 7 heteroatoms. The lowest BCUT2D eigenvalue weighted by atomic mass is 9.95. The average molecular weight is 386 g/mol. The number of halogens is 1. The van der Waals surface area contributed by atoms with Crippen LogP contribution in [0, 0.1) is 5.82 Å². The van der Waals surface area contributed by atoms with Crippen LogP contribution in [0.2, 0.25) is 0 Å². The molecule has 1 aliphatic rings. The van der Waals surface area contributed by atoms with Crippen molar-refractivity contribution in [2.24, 2.45) is 4.99 Å². The van der Waals surface area contributed by atoms with Gasteiger partial charge in [0, 0.05) is 44.9 Å². The fourth-order valence-corrected chi connectivity index (χ4v) is 3.07. The molecule has 1 aliphatic carbocycles. The van der Waals surface area contributed by atoms with E-state index in [1.165, 1.54) is 6.07 Å². The Morgan fingerprint density at radius 3 is 2.64 bits per heavy atom. The largest absolute Gasteiger partial charge is 0.475 e. The third-order valence-corrected chi connectivity index (χ3v) is 4.91. The molecule has 0 aliphatic heterocycles. The Hall–Kier alpha value is -2.67. The summed E-state index contributed by atoms with van der Waals surface area (Å²) in [6.07, 6.45) is 3.73. The van der Waals surface area contributed by atoms with Gasteiger partial charge in [-0.2, -0.15) is 0 Å². The fraction of sp³-hybridized carbons (Fsp3) is 0.429. The molecule has 0 amide bonds. The highest BCUT2D eigenvalue weighted by atomic mass is 19.1. The first-order valence-corrected chi connectivity index (χ1v) is 9.43. The lowest BCUT2D eigenvalue weighted by molar-refractivity contribution is 0.143. The van der Waals surface area contributed by atoms with Crippen molar-refractivity contribution < 1.29 is 13.9 Å². The minimum Gasteiger partial charge on any atom is -0.475 e. The number of benzene rings is 1. The van der Waals surface area contributed by atoms with Crippen molar-refractivity contribution in [2.75, 3.05) is 33.9 Å². The number of rotatable bonds is 9. The second-order valence-electron chi connectivity index (χ2n) is 6.89. The van der Waals surface area contributed by atoms with Gasteiger partial charge in [0.2, 0.25) is 5.88 Å². The van der Waals surface area contributed by atoms with Gasteiger partial charge in [0.15, 0.2) is 5.96 Å². The van der Waals surface area contributed by atoms with Crippen LogP contribution >= 0.6 is 0 Å². The van der Waals surface area contributed by atoms with Gasteiger partial charge in [-0.05, 0) is 30.0 Å². The predicted molar refractivity (Wildman–Crippen MR) is 107 cm³/mol. The first kappa shape index (κ1) is 20.1. The number of aliphatic imine (C=N–C) groups is 1. The standard InChI is InChI=1S/C21H27FN4O2/c1-23-20(25-14-16-7-8-19(24-13-16)28-12-11-27-2)26-15-21(9-10-21)17-5-3-4-6-18(17)22/h3-8,13H,9-12,14-15H2,1-2H3,(H2,23,25,26). The molecule has 28 heavy (non-hydrogen) atoms. The van der Waals surface area contributed by atoms with Gasteiger partial charge in [0.25, 0.3) is 0 Å². The van der Waals surface area contributed by atoms with Crippen LogP contribution in [-0.2, 0) is 16.7 Å². The molecular formula is C21H27FN4O2.